The fraction of sp³-hybridized carbons (Fsp3) is 0.872. The zero-order valence-corrected chi connectivity index (χ0v) is 40.0. The number of hydrogen-bond donors (Lipinski definition) is 3. The summed E-state index contributed by atoms with van der Waals surface area (Å²) in [5, 5.41) is 25.2. The lowest BCUT2D eigenvalue weighted by Gasteiger charge is -2.50. The topological polar surface area (TPSA) is 147 Å². The van der Waals surface area contributed by atoms with Crippen molar-refractivity contribution < 1.29 is 48.2 Å². The molecule has 1 aromatic rings. The highest BCUT2D eigenvalue weighted by Crippen LogP contribution is 2.57. The van der Waals surface area contributed by atoms with Crippen LogP contribution in [-0.2, 0) is 38.0 Å². The SMILES string of the molecule is CO[C@@H]1C[C@@H](C[C@H]2CC[C@H](C)C([C@@H](C)C(=O)NCCSSc3ccccn3)O2)O[C@]2(O[C@@](C)(C3CC[C@@](C)([C@@H]4O[C@@H]([C@@H]5O[C@@](O)(CO)[C@H](C)C[C@@H]5C)C[C@@H]4C)O3)C[C@H]2C)[C@@H]1C. The molecule has 7 heterocycles. The molecule has 1 aromatic heterocycles. The van der Waals surface area contributed by atoms with Gasteiger partial charge in [-0.05, 0) is 99.5 Å². The lowest BCUT2D eigenvalue weighted by molar-refractivity contribution is -0.353. The van der Waals surface area contributed by atoms with Crippen molar-refractivity contribution in [1.29, 1.82) is 0 Å². The maximum Gasteiger partial charge on any atom is 0.225 e. The maximum absolute atomic E-state index is 13.4. The van der Waals surface area contributed by atoms with Gasteiger partial charge in [-0.1, -0.05) is 65.3 Å². The van der Waals surface area contributed by atoms with Crippen LogP contribution in [0.5, 0.6) is 0 Å². The van der Waals surface area contributed by atoms with Crippen LogP contribution in [-0.4, -0.2) is 119 Å². The van der Waals surface area contributed by atoms with E-state index >= 15 is 0 Å². The fourth-order valence-corrected chi connectivity index (χ4v) is 13.9. The van der Waals surface area contributed by atoms with Crippen molar-refractivity contribution in [3.63, 3.8) is 0 Å². The van der Waals surface area contributed by atoms with Crippen LogP contribution in [0.1, 0.15) is 120 Å². The smallest absolute Gasteiger partial charge is 0.225 e. The number of carbonyl (C=O) groups excluding carboxylic acids is 1. The van der Waals surface area contributed by atoms with Gasteiger partial charge in [-0.25, -0.2) is 4.98 Å². The predicted octanol–water partition coefficient (Wildman–Crippen LogP) is 7.57. The van der Waals surface area contributed by atoms with E-state index < -0.39 is 29.4 Å². The highest BCUT2D eigenvalue weighted by molar-refractivity contribution is 8.76. The maximum atomic E-state index is 13.4. The molecule has 14 heteroatoms. The molecular formula is C47H76N2O10S2. The predicted molar refractivity (Wildman–Crippen MR) is 237 cm³/mol. The third kappa shape index (κ3) is 9.91. The number of aromatic nitrogens is 1. The third-order valence-electron chi connectivity index (χ3n) is 15.7. The van der Waals surface area contributed by atoms with E-state index in [-0.39, 0.29) is 96.2 Å². The average molecular weight is 893 g/mol. The largest absolute Gasteiger partial charge is 0.391 e. The van der Waals surface area contributed by atoms with E-state index in [2.05, 4.69) is 58.8 Å². The summed E-state index contributed by atoms with van der Waals surface area (Å²) in [5.41, 5.74) is -1.10. The first-order valence-electron chi connectivity index (χ1n) is 23.3. The van der Waals surface area contributed by atoms with Gasteiger partial charge in [-0.15, -0.1) is 0 Å². The Balaban J connectivity index is 0.955. The molecule has 6 aliphatic rings. The molecule has 1 amide bonds. The highest BCUT2D eigenvalue weighted by atomic mass is 33.1. The lowest BCUT2D eigenvalue weighted by Crippen LogP contribution is -2.58. The quantitative estimate of drug-likeness (QED) is 0.125. The molecule has 1 spiro atoms. The number of amides is 1. The summed E-state index contributed by atoms with van der Waals surface area (Å²) in [7, 11) is 5.11. The van der Waals surface area contributed by atoms with E-state index in [1.165, 1.54) is 0 Å². The van der Waals surface area contributed by atoms with Crippen LogP contribution in [0.25, 0.3) is 0 Å². The Morgan fingerprint density at radius 3 is 2.46 bits per heavy atom. The van der Waals surface area contributed by atoms with Crippen LogP contribution in [0, 0.1) is 41.4 Å². The van der Waals surface area contributed by atoms with Gasteiger partial charge in [0, 0.05) is 56.2 Å². The van der Waals surface area contributed by atoms with Crippen molar-refractivity contribution in [2.24, 2.45) is 41.4 Å². The van der Waals surface area contributed by atoms with Gasteiger partial charge in [0.2, 0.25) is 5.91 Å². The van der Waals surface area contributed by atoms with Crippen LogP contribution in [0.2, 0.25) is 0 Å². The first kappa shape index (κ1) is 47.9. The molecule has 61 heavy (non-hydrogen) atoms. The van der Waals surface area contributed by atoms with Crippen LogP contribution >= 0.6 is 21.6 Å². The Bertz CT molecular complexity index is 1620. The summed E-state index contributed by atoms with van der Waals surface area (Å²) >= 11 is 0. The Morgan fingerprint density at radius 1 is 0.951 bits per heavy atom. The Morgan fingerprint density at radius 2 is 1.74 bits per heavy atom. The summed E-state index contributed by atoms with van der Waals surface area (Å²) in [4.78, 5) is 17.7. The van der Waals surface area contributed by atoms with E-state index in [9.17, 15) is 15.0 Å². The van der Waals surface area contributed by atoms with E-state index in [4.69, 9.17) is 33.2 Å². The number of aliphatic hydroxyl groups is 2. The van der Waals surface area contributed by atoms with Gasteiger partial charge in [0.05, 0.1) is 72.6 Å². The fourth-order valence-electron chi connectivity index (χ4n) is 12.2. The van der Waals surface area contributed by atoms with Gasteiger partial charge in [-0.2, -0.15) is 0 Å². The molecule has 6 aliphatic heterocycles. The van der Waals surface area contributed by atoms with Gasteiger partial charge < -0.3 is 48.7 Å². The van der Waals surface area contributed by atoms with Crippen molar-refractivity contribution in [3.05, 3.63) is 24.4 Å². The molecule has 0 bridgehead atoms. The number of ether oxygens (including phenoxy) is 7. The second-order valence-electron chi connectivity index (χ2n) is 20.4. The molecule has 12 nitrogen and oxygen atoms in total. The van der Waals surface area contributed by atoms with Gasteiger partial charge in [0.25, 0.3) is 0 Å². The zero-order chi connectivity index (χ0) is 43.9. The summed E-state index contributed by atoms with van der Waals surface area (Å²) in [6.07, 6.45) is 8.08. The summed E-state index contributed by atoms with van der Waals surface area (Å²) in [6.45, 7) is 19.5. The zero-order valence-electron chi connectivity index (χ0n) is 38.4. The van der Waals surface area contributed by atoms with E-state index in [0.29, 0.717) is 13.0 Å². The van der Waals surface area contributed by atoms with Crippen LogP contribution in [0.15, 0.2) is 29.4 Å². The Hall–Kier alpha value is -1.04. The second kappa shape index (κ2) is 19.4. The molecule has 0 saturated carbocycles. The molecule has 19 atom stereocenters. The van der Waals surface area contributed by atoms with E-state index in [0.717, 1.165) is 62.1 Å². The van der Waals surface area contributed by atoms with Crippen molar-refractivity contribution in [3.8, 4) is 0 Å². The number of nitrogens with one attached hydrogen (secondary N) is 1. The molecule has 0 aromatic carbocycles. The number of nitrogens with zero attached hydrogens (tertiary/aromatic N) is 1. The van der Waals surface area contributed by atoms with Gasteiger partial charge in [-0.3, -0.25) is 4.79 Å². The van der Waals surface area contributed by atoms with Crippen LogP contribution in [0.4, 0.5) is 0 Å². The Kier molecular flexibility index (Phi) is 15.3. The number of methoxy groups -OCH3 is 1. The van der Waals surface area contributed by atoms with Crippen LogP contribution < -0.4 is 5.32 Å². The molecule has 0 radical (unpaired) electrons. The number of rotatable bonds is 14. The summed E-state index contributed by atoms with van der Waals surface area (Å²) in [6, 6.07) is 5.88. The van der Waals surface area contributed by atoms with Crippen molar-refractivity contribution in [2.75, 3.05) is 26.0 Å². The lowest BCUT2D eigenvalue weighted by atomic mass is 9.78. The van der Waals surface area contributed by atoms with Crippen molar-refractivity contribution in [2.45, 2.75) is 197 Å². The normalized spacial score (nSPS) is 47.1. The molecule has 7 rings (SSSR count). The standard InChI is InChI=1S/C47H76N2O10S2/c1-27-14-15-34(54-40(27)32(6)43(51)49-19-20-60-61-39-13-11-12-18-48-39)23-35-24-36(53-10)33(7)47(56-35)31(5)25-45(9,59-47)38-16-17-44(8,57-38)42-29(3)22-37(55-42)41-28(2)21-30(4)46(52,26-50)58-41/h11-13,18,27-38,40-42,50,52H,14-17,19-26H2,1-10H3,(H,49,51)/t27-,28-,29-,30+,31+,32+,33+,34+,35+,36+,37+,38?,40?,41+,42+,44-,45+,46-,47+/m0/s1. The minimum atomic E-state index is -1.55. The molecule has 6 saturated heterocycles. The number of hydrogen-bond acceptors (Lipinski definition) is 13. The Labute approximate surface area is 373 Å². The second-order valence-corrected chi connectivity index (χ2v) is 22.8. The summed E-state index contributed by atoms with van der Waals surface area (Å²) in [5.74, 6) is -1.22. The molecule has 2 unspecified atom stereocenters. The number of pyridine rings is 1. The minimum absolute atomic E-state index is 0.000596. The first-order valence-corrected chi connectivity index (χ1v) is 25.6. The highest BCUT2D eigenvalue weighted by Gasteiger charge is 2.65. The average Bonchev–Trinajstić information content (AvgIpc) is 3.91. The summed E-state index contributed by atoms with van der Waals surface area (Å²) < 4.78 is 47.8. The van der Waals surface area contributed by atoms with E-state index in [1.54, 1.807) is 34.9 Å². The number of carbonyl (C=O) groups is 1. The molecule has 3 N–H and O–H groups in total. The van der Waals surface area contributed by atoms with Gasteiger partial charge in [0.1, 0.15) is 5.03 Å². The van der Waals surface area contributed by atoms with Crippen molar-refractivity contribution in [1.82, 2.24) is 10.3 Å². The van der Waals surface area contributed by atoms with Crippen molar-refractivity contribution >= 4 is 27.5 Å². The molecule has 6 fully saturated rings. The number of aliphatic hydroxyl groups excluding tert-OH is 1. The third-order valence-corrected chi connectivity index (χ3v) is 18.0. The van der Waals surface area contributed by atoms with Gasteiger partial charge in [0.15, 0.2) is 11.6 Å². The molecular weight excluding hydrogens is 817 g/mol. The minimum Gasteiger partial charge on any atom is -0.391 e. The van der Waals surface area contributed by atoms with Crippen LogP contribution in [0.3, 0.4) is 0 Å². The first-order chi connectivity index (χ1) is 28.9. The molecule has 0 aliphatic carbocycles. The van der Waals surface area contributed by atoms with Gasteiger partial charge >= 0.3 is 0 Å². The van der Waals surface area contributed by atoms with E-state index in [1.807, 2.05) is 32.0 Å². The monoisotopic (exact) mass is 892 g/mol. The molecule has 346 valence electrons.